The maximum absolute atomic E-state index is 13.8. The molecule has 0 amide bonds. The van der Waals surface area contributed by atoms with Crippen LogP contribution in [0.5, 0.6) is 0 Å². The van der Waals surface area contributed by atoms with Crippen molar-refractivity contribution in [3.8, 4) is 0 Å². The first-order valence-corrected chi connectivity index (χ1v) is 8.17. The van der Waals surface area contributed by atoms with Crippen LogP contribution in [-0.4, -0.2) is 16.3 Å². The second-order valence-corrected chi connectivity index (χ2v) is 6.10. The number of hydrogen-bond acceptors (Lipinski definition) is 2. The smallest absolute Gasteiger partial charge is 0.173 e. The lowest BCUT2D eigenvalue weighted by Crippen LogP contribution is -2.26. The standard InChI is InChI=1S/C14H15Br2F2N3/c1-3-19-13(14-9(15)7-20-21(14)4-2)8-5-6-10(17)12(18)11(8)16/h5-7,13,19H,3-4H2,1-2H3. The van der Waals surface area contributed by atoms with Crippen molar-refractivity contribution in [2.45, 2.75) is 26.4 Å². The highest BCUT2D eigenvalue weighted by atomic mass is 79.9. The van der Waals surface area contributed by atoms with Gasteiger partial charge in [0, 0.05) is 6.54 Å². The predicted molar refractivity (Wildman–Crippen MR) is 85.2 cm³/mol. The number of nitrogens with one attached hydrogen (secondary N) is 1. The highest BCUT2D eigenvalue weighted by molar-refractivity contribution is 9.10. The molecule has 2 rings (SSSR count). The SMILES string of the molecule is CCNC(c1ccc(F)c(F)c1Br)c1c(Br)cnn1CC. The fourth-order valence-corrected chi connectivity index (χ4v) is 3.31. The number of nitrogens with zero attached hydrogens (tertiary/aromatic N) is 2. The van der Waals surface area contributed by atoms with E-state index in [2.05, 4.69) is 42.3 Å². The monoisotopic (exact) mass is 421 g/mol. The highest BCUT2D eigenvalue weighted by Gasteiger charge is 2.25. The Kier molecular flexibility index (Phi) is 5.51. The lowest BCUT2D eigenvalue weighted by Gasteiger charge is -2.22. The summed E-state index contributed by atoms with van der Waals surface area (Å²) in [4.78, 5) is 0. The van der Waals surface area contributed by atoms with E-state index in [0.717, 1.165) is 16.2 Å². The lowest BCUT2D eigenvalue weighted by molar-refractivity contribution is 0.493. The van der Waals surface area contributed by atoms with Crippen LogP contribution in [0.1, 0.15) is 31.1 Å². The van der Waals surface area contributed by atoms with E-state index < -0.39 is 11.6 Å². The van der Waals surface area contributed by atoms with Gasteiger partial charge < -0.3 is 5.32 Å². The Hall–Kier alpha value is -0.790. The third-order valence-electron chi connectivity index (χ3n) is 3.19. The van der Waals surface area contributed by atoms with Crippen molar-refractivity contribution < 1.29 is 8.78 Å². The summed E-state index contributed by atoms with van der Waals surface area (Å²) in [7, 11) is 0. The predicted octanol–water partition coefficient (Wildman–Crippen LogP) is 4.41. The zero-order valence-corrected chi connectivity index (χ0v) is 14.8. The third-order valence-corrected chi connectivity index (χ3v) is 4.61. The second-order valence-electron chi connectivity index (χ2n) is 4.45. The van der Waals surface area contributed by atoms with E-state index in [-0.39, 0.29) is 10.5 Å². The topological polar surface area (TPSA) is 29.9 Å². The number of rotatable bonds is 5. The summed E-state index contributed by atoms with van der Waals surface area (Å²) in [5, 5.41) is 7.57. The zero-order chi connectivity index (χ0) is 15.6. The van der Waals surface area contributed by atoms with Gasteiger partial charge in [0.05, 0.1) is 26.9 Å². The number of aryl methyl sites for hydroxylation is 1. The number of benzene rings is 1. The molecule has 0 spiro atoms. The molecule has 1 unspecified atom stereocenters. The minimum absolute atomic E-state index is 0.129. The molecule has 0 saturated carbocycles. The van der Waals surface area contributed by atoms with Gasteiger partial charge in [-0.25, -0.2) is 8.78 Å². The van der Waals surface area contributed by atoms with E-state index in [1.165, 1.54) is 0 Å². The van der Waals surface area contributed by atoms with Crippen LogP contribution in [0.25, 0.3) is 0 Å². The van der Waals surface area contributed by atoms with Crippen LogP contribution in [0.2, 0.25) is 0 Å². The van der Waals surface area contributed by atoms with Crippen molar-refractivity contribution in [2.75, 3.05) is 6.54 Å². The van der Waals surface area contributed by atoms with E-state index in [1.807, 2.05) is 18.5 Å². The van der Waals surface area contributed by atoms with Crippen LogP contribution in [0.3, 0.4) is 0 Å². The lowest BCUT2D eigenvalue weighted by atomic mass is 10.0. The van der Waals surface area contributed by atoms with E-state index in [0.29, 0.717) is 18.7 Å². The van der Waals surface area contributed by atoms with Crippen molar-refractivity contribution in [3.63, 3.8) is 0 Å². The van der Waals surface area contributed by atoms with Crippen molar-refractivity contribution in [1.29, 1.82) is 0 Å². The molecule has 0 bridgehead atoms. The zero-order valence-electron chi connectivity index (χ0n) is 11.6. The molecule has 1 aromatic carbocycles. The fourth-order valence-electron chi connectivity index (χ4n) is 2.23. The summed E-state index contributed by atoms with van der Waals surface area (Å²) in [6, 6.07) is 2.42. The minimum Gasteiger partial charge on any atom is -0.305 e. The Labute approximate surface area is 139 Å². The van der Waals surface area contributed by atoms with Crippen molar-refractivity contribution in [3.05, 3.63) is 50.2 Å². The maximum atomic E-state index is 13.8. The highest BCUT2D eigenvalue weighted by Crippen LogP contribution is 2.34. The Morgan fingerprint density at radius 1 is 1.29 bits per heavy atom. The van der Waals surface area contributed by atoms with Gasteiger partial charge in [0.2, 0.25) is 0 Å². The van der Waals surface area contributed by atoms with Gasteiger partial charge in [0.1, 0.15) is 0 Å². The Bertz CT molecular complexity index is 643. The molecular weight excluding hydrogens is 408 g/mol. The molecule has 114 valence electrons. The first-order chi connectivity index (χ1) is 10.0. The maximum Gasteiger partial charge on any atom is 0.173 e. The normalized spacial score (nSPS) is 12.7. The average molecular weight is 423 g/mol. The molecule has 0 saturated heterocycles. The van der Waals surface area contributed by atoms with E-state index >= 15 is 0 Å². The molecule has 3 nitrogen and oxygen atoms in total. The molecule has 1 heterocycles. The molecule has 1 aromatic heterocycles. The van der Waals surface area contributed by atoms with Crippen LogP contribution in [0.15, 0.2) is 27.3 Å². The van der Waals surface area contributed by atoms with Gasteiger partial charge >= 0.3 is 0 Å². The molecule has 0 aliphatic carbocycles. The number of hydrogen-bond donors (Lipinski definition) is 1. The Balaban J connectivity index is 2.59. The molecule has 0 fully saturated rings. The molecular formula is C14H15Br2F2N3. The quantitative estimate of drug-likeness (QED) is 0.723. The molecule has 7 heteroatoms. The van der Waals surface area contributed by atoms with Gasteiger partial charge in [0.25, 0.3) is 0 Å². The third kappa shape index (κ3) is 3.19. The largest absolute Gasteiger partial charge is 0.305 e. The van der Waals surface area contributed by atoms with Gasteiger partial charge in [-0.15, -0.1) is 0 Å². The summed E-state index contributed by atoms with van der Waals surface area (Å²) in [5.74, 6) is -1.75. The van der Waals surface area contributed by atoms with E-state index in [4.69, 9.17) is 0 Å². The first kappa shape index (κ1) is 16.6. The van der Waals surface area contributed by atoms with Gasteiger partial charge in [-0.3, -0.25) is 4.68 Å². The summed E-state index contributed by atoms with van der Waals surface area (Å²) in [6.07, 6.45) is 1.71. The van der Waals surface area contributed by atoms with Crippen molar-refractivity contribution in [2.24, 2.45) is 0 Å². The molecule has 0 aliphatic rings. The summed E-state index contributed by atoms with van der Waals surface area (Å²) in [6.45, 7) is 5.30. The molecule has 21 heavy (non-hydrogen) atoms. The van der Waals surface area contributed by atoms with Crippen LogP contribution < -0.4 is 5.32 Å². The van der Waals surface area contributed by atoms with Gasteiger partial charge in [-0.1, -0.05) is 13.0 Å². The second kappa shape index (κ2) is 6.98. The molecule has 0 radical (unpaired) electrons. The summed E-state index contributed by atoms with van der Waals surface area (Å²) >= 11 is 6.64. The van der Waals surface area contributed by atoms with Crippen molar-refractivity contribution in [1.82, 2.24) is 15.1 Å². The first-order valence-electron chi connectivity index (χ1n) is 6.59. The van der Waals surface area contributed by atoms with E-state index in [1.54, 1.807) is 12.3 Å². The average Bonchev–Trinajstić information content (AvgIpc) is 2.84. The molecule has 0 aliphatic heterocycles. The van der Waals surface area contributed by atoms with E-state index in [9.17, 15) is 8.78 Å². The number of aromatic nitrogens is 2. The molecule has 1 atom stereocenters. The van der Waals surface area contributed by atoms with Crippen LogP contribution in [0.4, 0.5) is 8.78 Å². The Morgan fingerprint density at radius 2 is 2.00 bits per heavy atom. The van der Waals surface area contributed by atoms with Crippen LogP contribution >= 0.6 is 31.9 Å². The van der Waals surface area contributed by atoms with Crippen molar-refractivity contribution >= 4 is 31.9 Å². The summed E-state index contributed by atoms with van der Waals surface area (Å²) < 4.78 is 29.9. The van der Waals surface area contributed by atoms with Gasteiger partial charge in [0.15, 0.2) is 11.6 Å². The summed E-state index contributed by atoms with van der Waals surface area (Å²) in [5.41, 5.74) is 1.51. The van der Waals surface area contributed by atoms with Crippen LogP contribution in [0, 0.1) is 11.6 Å². The fraction of sp³-hybridized carbons (Fsp3) is 0.357. The number of halogens is 4. The van der Waals surface area contributed by atoms with Gasteiger partial charge in [-0.05, 0) is 57.0 Å². The molecule has 1 N–H and O–H groups in total. The van der Waals surface area contributed by atoms with Gasteiger partial charge in [-0.2, -0.15) is 5.10 Å². The minimum atomic E-state index is -0.880. The van der Waals surface area contributed by atoms with Crippen LogP contribution in [-0.2, 0) is 6.54 Å². The Morgan fingerprint density at radius 3 is 2.62 bits per heavy atom. The molecule has 2 aromatic rings.